The maximum Gasteiger partial charge on any atom is 0.312 e. The van der Waals surface area contributed by atoms with Crippen molar-refractivity contribution in [2.24, 2.45) is 11.3 Å². The Labute approximate surface area is 98.7 Å². The number of esters is 1. The highest BCUT2D eigenvalue weighted by atomic mass is 16.5. The molecule has 16 heavy (non-hydrogen) atoms. The molecule has 92 valence electrons. The van der Waals surface area contributed by atoms with Gasteiger partial charge < -0.3 is 4.74 Å². The van der Waals surface area contributed by atoms with E-state index in [2.05, 4.69) is 6.92 Å². The summed E-state index contributed by atoms with van der Waals surface area (Å²) in [6, 6.07) is 0. The zero-order valence-electron chi connectivity index (χ0n) is 10.5. The first-order chi connectivity index (χ1) is 7.77. The van der Waals surface area contributed by atoms with Crippen molar-refractivity contribution in [3.8, 4) is 0 Å². The smallest absolute Gasteiger partial charge is 0.312 e. The first-order valence-corrected chi connectivity index (χ1v) is 6.94. The summed E-state index contributed by atoms with van der Waals surface area (Å²) >= 11 is 0. The quantitative estimate of drug-likeness (QED) is 0.681. The van der Waals surface area contributed by atoms with Crippen LogP contribution in [0.2, 0.25) is 0 Å². The van der Waals surface area contributed by atoms with Crippen LogP contribution in [0.5, 0.6) is 0 Å². The summed E-state index contributed by atoms with van der Waals surface area (Å²) in [6.07, 6.45) is 11.0. The zero-order valence-corrected chi connectivity index (χ0v) is 10.5. The van der Waals surface area contributed by atoms with Gasteiger partial charge in [0, 0.05) is 0 Å². The van der Waals surface area contributed by atoms with E-state index in [0.29, 0.717) is 6.61 Å². The van der Waals surface area contributed by atoms with E-state index < -0.39 is 0 Å². The predicted molar refractivity (Wildman–Crippen MR) is 64.1 cm³/mol. The van der Waals surface area contributed by atoms with Crippen molar-refractivity contribution in [1.29, 1.82) is 0 Å². The zero-order chi connectivity index (χ0) is 11.4. The minimum Gasteiger partial charge on any atom is -0.465 e. The van der Waals surface area contributed by atoms with Crippen LogP contribution in [0.25, 0.3) is 0 Å². The molecule has 2 fully saturated rings. The third kappa shape index (κ3) is 2.41. The Hall–Kier alpha value is -0.530. The number of ether oxygens (including phenoxy) is 1. The first-order valence-electron chi connectivity index (χ1n) is 6.94. The van der Waals surface area contributed by atoms with Crippen LogP contribution >= 0.6 is 0 Å². The van der Waals surface area contributed by atoms with Crippen LogP contribution in [0.4, 0.5) is 0 Å². The molecular weight excluding hydrogens is 200 g/mol. The van der Waals surface area contributed by atoms with Crippen molar-refractivity contribution < 1.29 is 9.53 Å². The van der Waals surface area contributed by atoms with E-state index in [1.807, 2.05) is 0 Å². The summed E-state index contributed by atoms with van der Waals surface area (Å²) < 4.78 is 5.22. The molecule has 1 atom stereocenters. The molecule has 0 N–H and O–H groups in total. The standard InChI is InChI=1S/C14H24O2/c1-2-8-14(9-10-16-13(14)15)11-12-6-4-3-5-7-12/h12H,2-11H2,1H3. The molecule has 0 spiro atoms. The second-order valence-electron chi connectivity index (χ2n) is 5.62. The molecule has 1 saturated carbocycles. The maximum absolute atomic E-state index is 11.9. The topological polar surface area (TPSA) is 26.3 Å². The van der Waals surface area contributed by atoms with Gasteiger partial charge in [0.2, 0.25) is 0 Å². The van der Waals surface area contributed by atoms with Gasteiger partial charge >= 0.3 is 5.97 Å². The molecule has 0 aromatic heterocycles. The van der Waals surface area contributed by atoms with Crippen LogP contribution in [-0.4, -0.2) is 12.6 Å². The van der Waals surface area contributed by atoms with E-state index in [9.17, 15) is 4.79 Å². The van der Waals surface area contributed by atoms with Gasteiger partial charge in [0.25, 0.3) is 0 Å². The van der Waals surface area contributed by atoms with Crippen LogP contribution in [-0.2, 0) is 9.53 Å². The van der Waals surface area contributed by atoms with Gasteiger partial charge in [0.15, 0.2) is 0 Å². The minimum atomic E-state index is -0.100. The van der Waals surface area contributed by atoms with Crippen LogP contribution in [0, 0.1) is 11.3 Å². The van der Waals surface area contributed by atoms with Gasteiger partial charge in [0.05, 0.1) is 12.0 Å². The van der Waals surface area contributed by atoms with Gasteiger partial charge in [-0.15, -0.1) is 0 Å². The average molecular weight is 224 g/mol. The van der Waals surface area contributed by atoms with Crippen LogP contribution in [0.1, 0.15) is 64.7 Å². The van der Waals surface area contributed by atoms with Crippen molar-refractivity contribution in [1.82, 2.24) is 0 Å². The van der Waals surface area contributed by atoms with E-state index in [0.717, 1.165) is 31.6 Å². The molecule has 2 nitrogen and oxygen atoms in total. The van der Waals surface area contributed by atoms with Gasteiger partial charge in [-0.25, -0.2) is 0 Å². The number of rotatable bonds is 4. The summed E-state index contributed by atoms with van der Waals surface area (Å²) in [5.41, 5.74) is -0.100. The monoisotopic (exact) mass is 224 g/mol. The van der Waals surface area contributed by atoms with Crippen molar-refractivity contribution in [2.45, 2.75) is 64.7 Å². The summed E-state index contributed by atoms with van der Waals surface area (Å²) in [6.45, 7) is 2.83. The molecule has 1 aliphatic heterocycles. The van der Waals surface area contributed by atoms with Gasteiger partial charge in [0.1, 0.15) is 0 Å². The van der Waals surface area contributed by atoms with Gasteiger partial charge in [-0.2, -0.15) is 0 Å². The van der Waals surface area contributed by atoms with Crippen LogP contribution in [0.15, 0.2) is 0 Å². The first kappa shape index (κ1) is 11.9. The second kappa shape index (κ2) is 5.20. The third-order valence-corrected chi connectivity index (χ3v) is 4.38. The Morgan fingerprint density at radius 2 is 2.06 bits per heavy atom. The van der Waals surface area contributed by atoms with E-state index in [4.69, 9.17) is 4.74 Å². The van der Waals surface area contributed by atoms with Crippen molar-refractivity contribution in [2.75, 3.05) is 6.61 Å². The Morgan fingerprint density at radius 3 is 2.62 bits per heavy atom. The number of cyclic esters (lactones) is 1. The van der Waals surface area contributed by atoms with Crippen LogP contribution in [0.3, 0.4) is 0 Å². The Morgan fingerprint density at radius 1 is 1.31 bits per heavy atom. The fourth-order valence-electron chi connectivity index (χ4n) is 3.53. The molecule has 1 aliphatic carbocycles. The Kier molecular flexibility index (Phi) is 3.88. The highest BCUT2D eigenvalue weighted by Crippen LogP contribution is 2.44. The molecule has 0 bridgehead atoms. The fourth-order valence-corrected chi connectivity index (χ4v) is 3.53. The summed E-state index contributed by atoms with van der Waals surface area (Å²) in [7, 11) is 0. The molecule has 0 aromatic rings. The minimum absolute atomic E-state index is 0.0972. The second-order valence-corrected chi connectivity index (χ2v) is 5.62. The van der Waals surface area contributed by atoms with Gasteiger partial charge in [-0.05, 0) is 25.2 Å². The third-order valence-electron chi connectivity index (χ3n) is 4.38. The number of carbonyl (C=O) groups is 1. The summed E-state index contributed by atoms with van der Waals surface area (Å²) in [5.74, 6) is 0.880. The molecule has 1 saturated heterocycles. The molecule has 2 aliphatic rings. The lowest BCUT2D eigenvalue weighted by atomic mass is 9.71. The lowest BCUT2D eigenvalue weighted by molar-refractivity contribution is -0.147. The van der Waals surface area contributed by atoms with Crippen molar-refractivity contribution >= 4 is 5.97 Å². The fraction of sp³-hybridized carbons (Fsp3) is 0.929. The molecule has 2 heteroatoms. The van der Waals surface area contributed by atoms with E-state index in [1.165, 1.54) is 32.1 Å². The normalized spacial score (nSPS) is 31.7. The lowest BCUT2D eigenvalue weighted by Gasteiger charge is -2.31. The molecule has 2 rings (SSSR count). The number of hydrogen-bond donors (Lipinski definition) is 0. The van der Waals surface area contributed by atoms with E-state index in [-0.39, 0.29) is 11.4 Å². The molecule has 0 amide bonds. The van der Waals surface area contributed by atoms with E-state index in [1.54, 1.807) is 0 Å². The van der Waals surface area contributed by atoms with Crippen molar-refractivity contribution in [3.63, 3.8) is 0 Å². The lowest BCUT2D eigenvalue weighted by Crippen LogP contribution is -2.30. The molecule has 1 unspecified atom stereocenters. The van der Waals surface area contributed by atoms with Gasteiger partial charge in [-0.3, -0.25) is 4.79 Å². The summed E-state index contributed by atoms with van der Waals surface area (Å²) in [5, 5.41) is 0. The number of hydrogen-bond acceptors (Lipinski definition) is 2. The predicted octanol–water partition coefficient (Wildman–Crippen LogP) is 3.69. The van der Waals surface area contributed by atoms with Gasteiger partial charge in [-0.1, -0.05) is 45.4 Å². The Bertz CT molecular complexity index is 243. The molecular formula is C14H24O2. The SMILES string of the molecule is CCCC1(CC2CCCCC2)CCOC1=O. The largest absolute Gasteiger partial charge is 0.465 e. The summed E-state index contributed by atoms with van der Waals surface area (Å²) in [4.78, 5) is 11.9. The average Bonchev–Trinajstić information content (AvgIpc) is 2.62. The van der Waals surface area contributed by atoms with Crippen molar-refractivity contribution in [3.05, 3.63) is 0 Å². The highest BCUT2D eigenvalue weighted by Gasteiger charge is 2.44. The van der Waals surface area contributed by atoms with Crippen LogP contribution < -0.4 is 0 Å². The highest BCUT2D eigenvalue weighted by molar-refractivity contribution is 5.78. The Balaban J connectivity index is 1.98. The number of carbonyl (C=O) groups excluding carboxylic acids is 1. The molecule has 0 radical (unpaired) electrons. The van der Waals surface area contributed by atoms with E-state index >= 15 is 0 Å². The maximum atomic E-state index is 11.9. The molecule has 0 aromatic carbocycles. The molecule has 1 heterocycles.